The van der Waals surface area contributed by atoms with Crippen LogP contribution in [0.4, 0.5) is 10.2 Å². The molecule has 7 heteroatoms. The molecule has 4 aromatic rings. The number of pyridine rings is 1. The Balaban J connectivity index is 1.92. The van der Waals surface area contributed by atoms with E-state index in [1.165, 1.54) is 12.4 Å². The Morgan fingerprint density at radius 2 is 1.96 bits per heavy atom. The number of hydrogen-bond acceptors (Lipinski definition) is 4. The molecule has 24 heavy (non-hydrogen) atoms. The zero-order chi connectivity index (χ0) is 16.7. The predicted octanol–water partition coefficient (Wildman–Crippen LogP) is 4.06. The monoisotopic (exact) mass is 339 g/mol. The number of rotatable bonds is 2. The van der Waals surface area contributed by atoms with Crippen LogP contribution in [0, 0.1) is 5.82 Å². The number of nitrogens with zero attached hydrogens (tertiary/aromatic N) is 3. The third-order valence-corrected chi connectivity index (χ3v) is 4.04. The van der Waals surface area contributed by atoms with Gasteiger partial charge in [0.2, 0.25) is 0 Å². The summed E-state index contributed by atoms with van der Waals surface area (Å²) < 4.78 is 13.4. The van der Waals surface area contributed by atoms with Gasteiger partial charge in [-0.1, -0.05) is 11.6 Å². The van der Waals surface area contributed by atoms with Gasteiger partial charge in [0, 0.05) is 23.0 Å². The highest BCUT2D eigenvalue weighted by Crippen LogP contribution is 2.33. The molecule has 0 aliphatic carbocycles. The molecule has 0 amide bonds. The summed E-state index contributed by atoms with van der Waals surface area (Å²) in [5, 5.41) is 0.787. The van der Waals surface area contributed by atoms with E-state index in [-0.39, 0.29) is 5.02 Å². The maximum Gasteiger partial charge on any atom is 0.143 e. The maximum absolute atomic E-state index is 13.4. The lowest BCUT2D eigenvalue weighted by Gasteiger charge is -2.08. The van der Waals surface area contributed by atoms with Crippen LogP contribution in [0.15, 0.2) is 48.9 Å². The smallest absolute Gasteiger partial charge is 0.143 e. The number of nitrogens with one attached hydrogen (secondary N) is 1. The van der Waals surface area contributed by atoms with Gasteiger partial charge in [-0.05, 0) is 36.4 Å². The summed E-state index contributed by atoms with van der Waals surface area (Å²) >= 11 is 5.90. The Bertz CT molecular complexity index is 1060. The number of anilines is 1. The molecular formula is C17H11ClFN5. The Hall–Kier alpha value is -2.99. The molecular weight excluding hydrogens is 329 g/mol. The van der Waals surface area contributed by atoms with Crippen LogP contribution >= 0.6 is 11.6 Å². The maximum atomic E-state index is 13.4. The van der Waals surface area contributed by atoms with E-state index in [4.69, 9.17) is 17.3 Å². The van der Waals surface area contributed by atoms with Crippen molar-refractivity contribution >= 4 is 28.5 Å². The molecule has 3 aromatic heterocycles. The zero-order valence-electron chi connectivity index (χ0n) is 12.3. The van der Waals surface area contributed by atoms with Gasteiger partial charge in [0.15, 0.2) is 0 Å². The van der Waals surface area contributed by atoms with Crippen LogP contribution in [0.3, 0.4) is 0 Å². The van der Waals surface area contributed by atoms with Crippen LogP contribution in [-0.4, -0.2) is 19.9 Å². The average Bonchev–Trinajstić information content (AvgIpc) is 3.03. The molecule has 0 aliphatic heterocycles. The van der Waals surface area contributed by atoms with Crippen molar-refractivity contribution < 1.29 is 4.39 Å². The van der Waals surface area contributed by atoms with Gasteiger partial charge in [-0.2, -0.15) is 0 Å². The van der Waals surface area contributed by atoms with Gasteiger partial charge in [-0.25, -0.2) is 14.4 Å². The van der Waals surface area contributed by atoms with Crippen LogP contribution in [0.5, 0.6) is 0 Å². The Morgan fingerprint density at radius 1 is 1.08 bits per heavy atom. The molecule has 118 valence electrons. The molecule has 3 N–H and O–H groups in total. The lowest BCUT2D eigenvalue weighted by molar-refractivity contribution is 0.628. The third-order valence-electron chi connectivity index (χ3n) is 3.75. The van der Waals surface area contributed by atoms with E-state index in [9.17, 15) is 4.39 Å². The normalized spacial score (nSPS) is 11.1. The van der Waals surface area contributed by atoms with Gasteiger partial charge in [-0.3, -0.25) is 4.98 Å². The Morgan fingerprint density at radius 3 is 2.75 bits per heavy atom. The SMILES string of the molecule is Nc1ncnc2[nH]c(-c3cccnc3-c3ccc(F)c(Cl)c3)cc12. The van der Waals surface area contributed by atoms with Gasteiger partial charge in [0.1, 0.15) is 23.6 Å². The van der Waals surface area contributed by atoms with Gasteiger partial charge in [0.25, 0.3) is 0 Å². The summed E-state index contributed by atoms with van der Waals surface area (Å²) in [5.74, 6) is -0.0654. The molecule has 0 fully saturated rings. The van der Waals surface area contributed by atoms with Crippen LogP contribution in [0.2, 0.25) is 5.02 Å². The van der Waals surface area contributed by atoms with Gasteiger partial charge in [-0.15, -0.1) is 0 Å². The molecule has 0 saturated carbocycles. The van der Waals surface area contributed by atoms with Crippen molar-refractivity contribution in [1.82, 2.24) is 19.9 Å². The molecule has 0 radical (unpaired) electrons. The standard InChI is InChI=1S/C17H11ClFN5/c18-12-6-9(3-4-13(12)19)15-10(2-1-5-21-15)14-7-11-16(20)22-8-23-17(11)24-14/h1-8H,(H3,20,22,23,24). The van der Waals surface area contributed by atoms with Crippen LogP contribution in [-0.2, 0) is 0 Å². The topological polar surface area (TPSA) is 80.5 Å². The van der Waals surface area contributed by atoms with E-state index in [1.54, 1.807) is 18.3 Å². The van der Waals surface area contributed by atoms with Crippen LogP contribution in [0.1, 0.15) is 0 Å². The number of H-pyrrole nitrogens is 1. The highest BCUT2D eigenvalue weighted by Gasteiger charge is 2.14. The highest BCUT2D eigenvalue weighted by molar-refractivity contribution is 6.31. The number of aromatic amines is 1. The first-order valence-electron chi connectivity index (χ1n) is 7.13. The second-order valence-corrected chi connectivity index (χ2v) is 5.64. The summed E-state index contributed by atoms with van der Waals surface area (Å²) in [7, 11) is 0. The fourth-order valence-corrected chi connectivity index (χ4v) is 2.78. The molecule has 0 bridgehead atoms. The van der Waals surface area contributed by atoms with Crippen molar-refractivity contribution in [3.8, 4) is 22.5 Å². The lowest BCUT2D eigenvalue weighted by atomic mass is 10.0. The molecule has 4 rings (SSSR count). The lowest BCUT2D eigenvalue weighted by Crippen LogP contribution is -1.90. The van der Waals surface area contributed by atoms with E-state index in [1.807, 2.05) is 18.2 Å². The first-order chi connectivity index (χ1) is 11.6. The minimum atomic E-state index is -0.466. The van der Waals surface area contributed by atoms with Crippen molar-refractivity contribution in [1.29, 1.82) is 0 Å². The number of hydrogen-bond donors (Lipinski definition) is 2. The number of nitrogens with two attached hydrogens (primary N) is 1. The van der Waals surface area contributed by atoms with Crippen LogP contribution < -0.4 is 5.73 Å². The first-order valence-corrected chi connectivity index (χ1v) is 7.51. The third kappa shape index (κ3) is 2.37. The van der Waals surface area contributed by atoms with Crippen molar-refractivity contribution in [2.24, 2.45) is 0 Å². The van der Waals surface area contributed by atoms with E-state index in [0.29, 0.717) is 17.2 Å². The molecule has 0 unspecified atom stereocenters. The van der Waals surface area contributed by atoms with Crippen molar-refractivity contribution in [3.05, 3.63) is 59.8 Å². The Kier molecular flexibility index (Phi) is 3.39. The second kappa shape index (κ2) is 5.58. The Labute approximate surface area is 141 Å². The predicted molar refractivity (Wildman–Crippen MR) is 91.9 cm³/mol. The van der Waals surface area contributed by atoms with Crippen molar-refractivity contribution in [2.45, 2.75) is 0 Å². The van der Waals surface area contributed by atoms with E-state index in [0.717, 1.165) is 22.2 Å². The second-order valence-electron chi connectivity index (χ2n) is 5.23. The molecule has 3 heterocycles. The number of aromatic nitrogens is 4. The number of fused-ring (bicyclic) bond motifs is 1. The molecule has 5 nitrogen and oxygen atoms in total. The van der Waals surface area contributed by atoms with Crippen molar-refractivity contribution in [2.75, 3.05) is 5.73 Å². The van der Waals surface area contributed by atoms with E-state index in [2.05, 4.69) is 19.9 Å². The quantitative estimate of drug-likeness (QED) is 0.577. The fourth-order valence-electron chi connectivity index (χ4n) is 2.60. The van der Waals surface area contributed by atoms with Crippen LogP contribution in [0.25, 0.3) is 33.5 Å². The number of halogens is 2. The molecule has 0 spiro atoms. The summed E-state index contributed by atoms with van der Waals surface area (Å²) in [6, 6.07) is 10.1. The number of nitrogen functional groups attached to an aromatic ring is 1. The highest BCUT2D eigenvalue weighted by atomic mass is 35.5. The molecule has 1 aromatic carbocycles. The van der Waals surface area contributed by atoms with Gasteiger partial charge >= 0.3 is 0 Å². The van der Waals surface area contributed by atoms with E-state index < -0.39 is 5.82 Å². The average molecular weight is 340 g/mol. The first kappa shape index (κ1) is 14.6. The van der Waals surface area contributed by atoms with E-state index >= 15 is 0 Å². The largest absolute Gasteiger partial charge is 0.383 e. The minimum Gasteiger partial charge on any atom is -0.383 e. The molecule has 0 atom stereocenters. The van der Waals surface area contributed by atoms with Gasteiger partial charge < -0.3 is 10.7 Å². The summed E-state index contributed by atoms with van der Waals surface area (Å²) in [4.78, 5) is 15.8. The van der Waals surface area contributed by atoms with Gasteiger partial charge in [0.05, 0.1) is 16.1 Å². The molecule has 0 aliphatic rings. The fraction of sp³-hybridized carbons (Fsp3) is 0. The van der Waals surface area contributed by atoms with Crippen molar-refractivity contribution in [3.63, 3.8) is 0 Å². The molecule has 0 saturated heterocycles. The minimum absolute atomic E-state index is 0.0517. The summed E-state index contributed by atoms with van der Waals surface area (Å²) in [6.45, 7) is 0. The zero-order valence-corrected chi connectivity index (χ0v) is 13.0. The summed E-state index contributed by atoms with van der Waals surface area (Å²) in [6.07, 6.45) is 3.08. The number of benzene rings is 1. The summed E-state index contributed by atoms with van der Waals surface area (Å²) in [5.41, 5.74) is 9.55.